The third-order valence-electron chi connectivity index (χ3n) is 6.17. The van der Waals surface area contributed by atoms with Crippen LogP contribution < -0.4 is 10.1 Å². The monoisotopic (exact) mass is 504 g/mol. The molecule has 4 aromatic rings. The van der Waals surface area contributed by atoms with Gasteiger partial charge in [-0.25, -0.2) is 14.4 Å². The number of H-pyrrole nitrogens is 2. The number of likely N-dealkylation sites (N-methyl/N-ethyl adjacent to an activating group) is 1. The minimum Gasteiger partial charge on any atom is -0.468 e. The molecule has 1 fully saturated rings. The van der Waals surface area contributed by atoms with E-state index in [2.05, 4.69) is 54.0 Å². The molecule has 1 aromatic carbocycles. The van der Waals surface area contributed by atoms with Gasteiger partial charge in [-0.2, -0.15) is 5.10 Å². The second-order valence-electron chi connectivity index (χ2n) is 8.83. The molecule has 5 rings (SSSR count). The summed E-state index contributed by atoms with van der Waals surface area (Å²) in [4.78, 5) is 16.3. The van der Waals surface area contributed by atoms with Crippen molar-refractivity contribution in [3.05, 3.63) is 66.1 Å². The van der Waals surface area contributed by atoms with Gasteiger partial charge in [-0.05, 0) is 51.0 Å². The topological polar surface area (TPSA) is 110 Å². The summed E-state index contributed by atoms with van der Waals surface area (Å²) in [5, 5.41) is 10.9. The van der Waals surface area contributed by atoms with Crippen LogP contribution in [0.4, 0.5) is 10.2 Å². The number of amidine groups is 1. The van der Waals surface area contributed by atoms with Crippen molar-refractivity contribution in [2.45, 2.75) is 6.92 Å². The average Bonchev–Trinajstić information content (AvgIpc) is 3.65. The molecule has 10 nitrogen and oxygen atoms in total. The van der Waals surface area contributed by atoms with Crippen LogP contribution in [0.25, 0.3) is 22.4 Å². The Bertz CT molecular complexity index is 1430. The van der Waals surface area contributed by atoms with E-state index >= 15 is 0 Å². The molecule has 4 heterocycles. The first kappa shape index (κ1) is 24.3. The van der Waals surface area contributed by atoms with E-state index in [0.717, 1.165) is 43.1 Å². The van der Waals surface area contributed by atoms with Crippen LogP contribution in [0.5, 0.6) is 5.75 Å². The maximum absolute atomic E-state index is 14.9. The molecule has 1 aliphatic rings. The number of hydrogen-bond donors (Lipinski definition) is 3. The molecule has 1 saturated heterocycles. The third kappa shape index (κ3) is 5.56. The van der Waals surface area contributed by atoms with E-state index in [-0.39, 0.29) is 12.5 Å². The summed E-state index contributed by atoms with van der Waals surface area (Å²) >= 11 is 0. The predicted octanol–water partition coefficient (Wildman–Crippen LogP) is 4.23. The summed E-state index contributed by atoms with van der Waals surface area (Å²) in [7, 11) is 2.08. The number of benzene rings is 1. The maximum atomic E-state index is 14.9. The van der Waals surface area contributed by atoms with E-state index in [1.54, 1.807) is 30.5 Å². The van der Waals surface area contributed by atoms with Crippen molar-refractivity contribution in [2.24, 2.45) is 9.98 Å². The molecule has 3 N–H and O–H groups in total. The van der Waals surface area contributed by atoms with Crippen LogP contribution in [0, 0.1) is 12.7 Å². The third-order valence-corrected chi connectivity index (χ3v) is 6.17. The lowest BCUT2D eigenvalue weighted by molar-refractivity contribution is 0.214. The zero-order chi connectivity index (χ0) is 25.8. The van der Waals surface area contributed by atoms with Gasteiger partial charge >= 0.3 is 0 Å². The number of ether oxygens (including phenoxy) is 1. The van der Waals surface area contributed by atoms with Gasteiger partial charge in [0.05, 0.1) is 6.26 Å². The van der Waals surface area contributed by atoms with Gasteiger partial charge in [0, 0.05) is 54.9 Å². The lowest BCUT2D eigenvalue weighted by Gasteiger charge is -2.33. The van der Waals surface area contributed by atoms with E-state index in [4.69, 9.17) is 9.15 Å². The molecule has 192 valence electrons. The van der Waals surface area contributed by atoms with Gasteiger partial charge in [-0.3, -0.25) is 5.10 Å². The molecule has 0 unspecified atom stereocenters. The number of anilines is 1. The van der Waals surface area contributed by atoms with E-state index in [1.165, 1.54) is 0 Å². The number of furan rings is 1. The largest absolute Gasteiger partial charge is 0.468 e. The van der Waals surface area contributed by atoms with Crippen LogP contribution >= 0.6 is 0 Å². The number of hydrogen-bond acceptors (Lipinski definition) is 7. The van der Waals surface area contributed by atoms with Gasteiger partial charge in [-0.1, -0.05) is 0 Å². The highest BCUT2D eigenvalue weighted by Gasteiger charge is 2.18. The first-order valence-corrected chi connectivity index (χ1v) is 11.9. The summed E-state index contributed by atoms with van der Waals surface area (Å²) in [6.45, 7) is 8.87. The molecule has 0 aliphatic carbocycles. The molecule has 0 atom stereocenters. The lowest BCUT2D eigenvalue weighted by atomic mass is 10.2. The van der Waals surface area contributed by atoms with Crippen molar-refractivity contribution in [3.63, 3.8) is 0 Å². The summed E-state index contributed by atoms with van der Waals surface area (Å²) in [5.74, 6) is 2.09. The van der Waals surface area contributed by atoms with Crippen molar-refractivity contribution in [2.75, 3.05) is 45.3 Å². The van der Waals surface area contributed by atoms with Crippen LogP contribution in [0.3, 0.4) is 0 Å². The quantitative estimate of drug-likeness (QED) is 0.245. The Morgan fingerprint density at radius 1 is 1.27 bits per heavy atom. The van der Waals surface area contributed by atoms with Gasteiger partial charge in [-0.15, -0.1) is 0 Å². The van der Waals surface area contributed by atoms with E-state index in [0.29, 0.717) is 28.6 Å². The Morgan fingerprint density at radius 2 is 2.11 bits per heavy atom. The number of aromatic nitrogens is 3. The van der Waals surface area contributed by atoms with Gasteiger partial charge in [0.25, 0.3) is 0 Å². The highest BCUT2D eigenvalue weighted by atomic mass is 19.1. The first-order chi connectivity index (χ1) is 18.0. The standard InChI is InChI=1S/C26H29FN8O2/c1-17-13-18-19(30-17)6-7-22(26(18)27)37-16-29-25(35-10-8-34(3)9-11-35)15-23(28-2)31-24-14-20(32-33-24)21-5-4-12-36-21/h4-7,12-15,30H,2,8-11,16H2,1,3H3,(H2,31,32,33)/b23-15+,29-25+. The number of fused-ring (bicyclic) bond motifs is 1. The number of nitrogens with one attached hydrogen (secondary N) is 3. The van der Waals surface area contributed by atoms with Crippen molar-refractivity contribution in [3.8, 4) is 17.2 Å². The van der Waals surface area contributed by atoms with Crippen molar-refractivity contribution >= 4 is 29.3 Å². The Balaban J connectivity index is 1.35. The Kier molecular flexibility index (Phi) is 7.04. The smallest absolute Gasteiger partial charge is 0.181 e. The second kappa shape index (κ2) is 10.7. The number of aromatic amines is 2. The Hall–Kier alpha value is -4.38. The van der Waals surface area contributed by atoms with Crippen molar-refractivity contribution < 1.29 is 13.5 Å². The number of nitrogens with zero attached hydrogens (tertiary/aromatic N) is 5. The lowest BCUT2D eigenvalue weighted by Crippen LogP contribution is -2.47. The highest BCUT2D eigenvalue weighted by molar-refractivity contribution is 5.94. The molecule has 37 heavy (non-hydrogen) atoms. The number of aliphatic imine (C=N–C) groups is 2. The maximum Gasteiger partial charge on any atom is 0.181 e. The summed E-state index contributed by atoms with van der Waals surface area (Å²) in [6.07, 6.45) is 3.39. The zero-order valence-electron chi connectivity index (χ0n) is 20.8. The summed E-state index contributed by atoms with van der Waals surface area (Å²) in [5.41, 5.74) is 2.35. The van der Waals surface area contributed by atoms with Crippen LogP contribution in [0.1, 0.15) is 5.69 Å². The fourth-order valence-corrected chi connectivity index (χ4v) is 4.16. The average molecular weight is 505 g/mol. The second-order valence-corrected chi connectivity index (χ2v) is 8.83. The first-order valence-electron chi connectivity index (χ1n) is 11.9. The minimum atomic E-state index is -0.408. The molecular formula is C26H29FN8O2. The number of rotatable bonds is 8. The molecule has 0 bridgehead atoms. The van der Waals surface area contributed by atoms with Crippen LogP contribution in [-0.4, -0.2) is 77.5 Å². The highest BCUT2D eigenvalue weighted by Crippen LogP contribution is 2.27. The molecule has 0 radical (unpaired) electrons. The number of aryl methyl sites for hydroxylation is 1. The van der Waals surface area contributed by atoms with Crippen LogP contribution in [-0.2, 0) is 0 Å². The molecule has 0 amide bonds. The Morgan fingerprint density at radius 3 is 2.86 bits per heavy atom. The molecule has 0 saturated carbocycles. The Labute approximate surface area is 213 Å². The van der Waals surface area contributed by atoms with Crippen molar-refractivity contribution in [1.29, 1.82) is 0 Å². The molecule has 1 aliphatic heterocycles. The van der Waals surface area contributed by atoms with Gasteiger partial charge < -0.3 is 29.3 Å². The number of piperazine rings is 1. The molecule has 11 heteroatoms. The minimum absolute atomic E-state index is 0.0561. The summed E-state index contributed by atoms with van der Waals surface area (Å²) < 4.78 is 26.1. The summed E-state index contributed by atoms with van der Waals surface area (Å²) in [6, 6.07) is 10.6. The SMILES string of the molecule is C=N/C(=C\C(=N/COc1ccc2[nH]c(C)cc2c1F)N1CCN(C)CC1)Nc1cc(-c2ccco2)[nH]n1. The predicted molar refractivity (Wildman–Crippen MR) is 143 cm³/mol. The molecular weight excluding hydrogens is 475 g/mol. The zero-order valence-corrected chi connectivity index (χ0v) is 20.8. The van der Waals surface area contributed by atoms with Gasteiger partial charge in [0.1, 0.15) is 17.4 Å². The fraction of sp³-hybridized carbons (Fsp3) is 0.269. The van der Waals surface area contributed by atoms with Gasteiger partial charge in [0.2, 0.25) is 0 Å². The van der Waals surface area contributed by atoms with E-state index in [9.17, 15) is 4.39 Å². The van der Waals surface area contributed by atoms with E-state index in [1.807, 2.05) is 25.1 Å². The van der Waals surface area contributed by atoms with Gasteiger partial charge in [0.15, 0.2) is 29.9 Å². The normalized spacial score (nSPS) is 15.4. The van der Waals surface area contributed by atoms with Crippen LogP contribution in [0.2, 0.25) is 0 Å². The van der Waals surface area contributed by atoms with Crippen molar-refractivity contribution in [1.82, 2.24) is 25.0 Å². The number of halogens is 1. The van der Waals surface area contributed by atoms with Crippen LogP contribution in [0.15, 0.2) is 69.0 Å². The molecule has 0 spiro atoms. The fourth-order valence-electron chi connectivity index (χ4n) is 4.16. The van der Waals surface area contributed by atoms with E-state index < -0.39 is 5.82 Å². The molecule has 3 aromatic heterocycles.